The van der Waals surface area contributed by atoms with Crippen LogP contribution in [0.2, 0.25) is 23.7 Å². The highest BCUT2D eigenvalue weighted by Gasteiger charge is 2.51. The first-order valence-electron chi connectivity index (χ1n) is 8.28. The Morgan fingerprint density at radius 3 is 2.00 bits per heavy atom. The van der Waals surface area contributed by atoms with Crippen LogP contribution in [0.4, 0.5) is 4.79 Å². The lowest BCUT2D eigenvalue weighted by Gasteiger charge is -2.41. The van der Waals surface area contributed by atoms with E-state index in [1.165, 1.54) is 7.11 Å². The molecule has 134 valence electrons. The van der Waals surface area contributed by atoms with Crippen molar-refractivity contribution in [1.29, 1.82) is 0 Å². The Hall–Kier alpha value is -1.04. The van der Waals surface area contributed by atoms with Gasteiger partial charge < -0.3 is 9.47 Å². The molecule has 0 aliphatic carbocycles. The second kappa shape index (κ2) is 6.46. The molecule has 1 heterocycles. The van der Waals surface area contributed by atoms with Crippen LogP contribution in [0.15, 0.2) is 0 Å². The molecule has 1 fully saturated rings. The zero-order valence-corrected chi connectivity index (χ0v) is 17.1. The Balaban J connectivity index is 3.05. The van der Waals surface area contributed by atoms with E-state index in [0.29, 0.717) is 18.5 Å². The van der Waals surface area contributed by atoms with Crippen LogP contribution in [0.3, 0.4) is 0 Å². The Morgan fingerprint density at radius 2 is 1.61 bits per heavy atom. The summed E-state index contributed by atoms with van der Waals surface area (Å²) in [5, 5.41) is 0.197. The SMILES string of the molecule is COC(=O)[C@@H]1C[C@@H]([Si](C)(C)C(C)(C)C)CN1C(=O)OC(C)(C)C. The second-order valence-corrected chi connectivity index (χ2v) is 14.8. The van der Waals surface area contributed by atoms with Crippen LogP contribution in [0.5, 0.6) is 0 Å². The molecule has 0 aromatic carbocycles. The number of hydrogen-bond acceptors (Lipinski definition) is 4. The van der Waals surface area contributed by atoms with E-state index in [0.717, 1.165) is 0 Å². The zero-order chi connectivity index (χ0) is 18.2. The molecule has 2 atom stereocenters. The van der Waals surface area contributed by atoms with Crippen molar-refractivity contribution in [3.63, 3.8) is 0 Å². The van der Waals surface area contributed by atoms with Gasteiger partial charge in [0.25, 0.3) is 0 Å². The van der Waals surface area contributed by atoms with E-state index < -0.39 is 25.8 Å². The van der Waals surface area contributed by atoms with E-state index in [4.69, 9.17) is 9.47 Å². The van der Waals surface area contributed by atoms with E-state index in [-0.39, 0.29) is 11.0 Å². The Bertz CT molecular complexity index is 462. The van der Waals surface area contributed by atoms with Crippen molar-refractivity contribution in [3.05, 3.63) is 0 Å². The maximum atomic E-state index is 12.5. The molecule has 0 saturated carbocycles. The number of methoxy groups -OCH3 is 1. The van der Waals surface area contributed by atoms with Gasteiger partial charge in [0.15, 0.2) is 0 Å². The van der Waals surface area contributed by atoms with E-state index in [9.17, 15) is 9.59 Å². The Morgan fingerprint density at radius 1 is 1.09 bits per heavy atom. The summed E-state index contributed by atoms with van der Waals surface area (Å²) < 4.78 is 10.4. The molecule has 1 rings (SSSR count). The van der Waals surface area contributed by atoms with Crippen LogP contribution in [0.1, 0.15) is 48.0 Å². The molecule has 0 unspecified atom stereocenters. The molecule has 0 radical (unpaired) electrons. The molecule has 0 N–H and O–H groups in total. The lowest BCUT2D eigenvalue weighted by Crippen LogP contribution is -2.45. The quantitative estimate of drug-likeness (QED) is 0.561. The third-order valence-corrected chi connectivity index (χ3v) is 11.7. The molecule has 6 heteroatoms. The van der Waals surface area contributed by atoms with Crippen LogP contribution < -0.4 is 0 Å². The summed E-state index contributed by atoms with van der Waals surface area (Å²) in [6, 6.07) is -0.533. The van der Waals surface area contributed by atoms with Crippen molar-refractivity contribution < 1.29 is 19.1 Å². The van der Waals surface area contributed by atoms with Gasteiger partial charge in [0.05, 0.1) is 15.2 Å². The van der Waals surface area contributed by atoms with Crippen LogP contribution in [0.25, 0.3) is 0 Å². The van der Waals surface area contributed by atoms with Gasteiger partial charge in [0, 0.05) is 6.54 Å². The van der Waals surface area contributed by atoms with Gasteiger partial charge in [-0.1, -0.05) is 33.9 Å². The summed E-state index contributed by atoms with van der Waals surface area (Å²) >= 11 is 0. The number of esters is 1. The predicted molar refractivity (Wildman–Crippen MR) is 94.3 cm³/mol. The lowest BCUT2D eigenvalue weighted by atomic mass is 10.2. The molecule has 0 aromatic rings. The van der Waals surface area contributed by atoms with Crippen LogP contribution in [-0.4, -0.2) is 50.3 Å². The molecular formula is C17H33NO4Si. The monoisotopic (exact) mass is 343 g/mol. The molecule has 5 nitrogen and oxygen atoms in total. The summed E-state index contributed by atoms with van der Waals surface area (Å²) in [6.07, 6.45) is 0.247. The van der Waals surface area contributed by atoms with Gasteiger partial charge >= 0.3 is 12.1 Å². The van der Waals surface area contributed by atoms with Crippen LogP contribution in [0, 0.1) is 0 Å². The maximum Gasteiger partial charge on any atom is 0.411 e. The standard InChI is InChI=1S/C17H33NO4Si/c1-16(2,3)22-15(20)18-11-12(10-13(18)14(19)21-7)23(8,9)17(4,5)6/h12-13H,10-11H2,1-9H3/t12-,13+/m1/s1. The highest BCUT2D eigenvalue weighted by Crippen LogP contribution is 2.48. The third kappa shape index (κ3) is 4.49. The Labute approximate surface area is 141 Å². The van der Waals surface area contributed by atoms with Crippen LogP contribution in [-0.2, 0) is 14.3 Å². The number of amides is 1. The highest BCUT2D eigenvalue weighted by molar-refractivity contribution is 6.81. The molecule has 0 aromatic heterocycles. The van der Waals surface area contributed by atoms with E-state index in [1.54, 1.807) is 4.90 Å². The molecule has 1 aliphatic heterocycles. The first kappa shape index (κ1) is 20.0. The van der Waals surface area contributed by atoms with E-state index >= 15 is 0 Å². The first-order valence-corrected chi connectivity index (χ1v) is 11.4. The minimum atomic E-state index is -1.68. The molecule has 23 heavy (non-hydrogen) atoms. The smallest absolute Gasteiger partial charge is 0.411 e. The summed E-state index contributed by atoms with van der Waals surface area (Å²) in [5.41, 5.74) is -0.230. The number of nitrogens with zero attached hydrogens (tertiary/aromatic N) is 1. The van der Waals surface area contributed by atoms with Crippen molar-refractivity contribution in [3.8, 4) is 0 Å². The number of ether oxygens (including phenoxy) is 2. The van der Waals surface area contributed by atoms with E-state index in [2.05, 4.69) is 33.9 Å². The number of likely N-dealkylation sites (tertiary alicyclic amines) is 1. The number of hydrogen-bond donors (Lipinski definition) is 0. The van der Waals surface area contributed by atoms with Gasteiger partial charge in [-0.25, -0.2) is 9.59 Å². The molecule has 0 bridgehead atoms. The zero-order valence-electron chi connectivity index (χ0n) is 16.1. The average Bonchev–Trinajstić information content (AvgIpc) is 2.79. The van der Waals surface area contributed by atoms with Gasteiger partial charge in [0.1, 0.15) is 11.6 Å². The molecule has 0 spiro atoms. The van der Waals surface area contributed by atoms with Crippen molar-refractivity contribution in [2.45, 2.75) is 83.3 Å². The van der Waals surface area contributed by atoms with Gasteiger partial charge in [-0.15, -0.1) is 0 Å². The van der Waals surface area contributed by atoms with Crippen molar-refractivity contribution in [1.82, 2.24) is 4.90 Å². The summed E-state index contributed by atoms with van der Waals surface area (Å²) in [7, 11) is -0.306. The van der Waals surface area contributed by atoms with Crippen molar-refractivity contribution >= 4 is 20.1 Å². The van der Waals surface area contributed by atoms with Gasteiger partial charge in [0.2, 0.25) is 0 Å². The fourth-order valence-electron chi connectivity index (χ4n) is 2.85. The summed E-state index contributed by atoms with van der Waals surface area (Å²) in [6.45, 7) is 17.5. The largest absolute Gasteiger partial charge is 0.467 e. The maximum absolute atomic E-state index is 12.5. The molecule has 1 saturated heterocycles. The first-order chi connectivity index (χ1) is 10.2. The summed E-state index contributed by atoms with van der Waals surface area (Å²) in [4.78, 5) is 26.3. The topological polar surface area (TPSA) is 55.8 Å². The minimum absolute atomic E-state index is 0.197. The average molecular weight is 344 g/mol. The minimum Gasteiger partial charge on any atom is -0.467 e. The summed E-state index contributed by atoms with van der Waals surface area (Å²) in [5.74, 6) is -0.350. The van der Waals surface area contributed by atoms with Gasteiger partial charge in [-0.2, -0.15) is 0 Å². The van der Waals surface area contributed by atoms with Gasteiger partial charge in [-0.05, 0) is 37.8 Å². The molecule has 1 aliphatic rings. The fraction of sp³-hybridized carbons (Fsp3) is 0.882. The predicted octanol–water partition coefficient (Wildman–Crippen LogP) is 4.05. The van der Waals surface area contributed by atoms with Crippen molar-refractivity contribution in [2.75, 3.05) is 13.7 Å². The normalized spacial score (nSPS) is 22.9. The van der Waals surface area contributed by atoms with Crippen LogP contribution >= 0.6 is 0 Å². The third-order valence-electron chi connectivity index (χ3n) is 5.36. The van der Waals surface area contributed by atoms with Gasteiger partial charge in [-0.3, -0.25) is 4.90 Å². The Kier molecular flexibility index (Phi) is 5.61. The number of carbonyl (C=O) groups excluding carboxylic acids is 2. The van der Waals surface area contributed by atoms with E-state index in [1.807, 2.05) is 20.8 Å². The fourth-order valence-corrected chi connectivity index (χ4v) is 5.54. The number of rotatable bonds is 2. The highest BCUT2D eigenvalue weighted by atomic mass is 28.3. The lowest BCUT2D eigenvalue weighted by molar-refractivity contribution is -0.145. The molecule has 1 amide bonds. The second-order valence-electron chi connectivity index (χ2n) is 9.08. The number of carbonyl (C=O) groups is 2. The van der Waals surface area contributed by atoms with Crippen molar-refractivity contribution in [2.24, 2.45) is 0 Å². The molecular weight excluding hydrogens is 310 g/mol.